The fraction of sp³-hybridized carbons (Fsp3) is 0.250. The van der Waals surface area contributed by atoms with Crippen molar-refractivity contribution in [3.63, 3.8) is 0 Å². The predicted octanol–water partition coefficient (Wildman–Crippen LogP) is 3.36. The summed E-state index contributed by atoms with van der Waals surface area (Å²) < 4.78 is 18.7. The van der Waals surface area contributed by atoms with Gasteiger partial charge in [-0.2, -0.15) is 0 Å². The van der Waals surface area contributed by atoms with E-state index in [0.717, 1.165) is 0 Å². The zero-order chi connectivity index (χ0) is 19.4. The summed E-state index contributed by atoms with van der Waals surface area (Å²) in [4.78, 5) is 37.3. The average molecular weight is 370 g/mol. The highest BCUT2D eigenvalue weighted by molar-refractivity contribution is 6.17. The smallest absolute Gasteiger partial charge is 0.340 e. The monoisotopic (exact) mass is 370 g/mol. The molecule has 0 spiro atoms. The molecule has 0 aliphatic heterocycles. The van der Waals surface area contributed by atoms with Gasteiger partial charge < -0.3 is 15.4 Å². The van der Waals surface area contributed by atoms with E-state index < -0.39 is 29.0 Å². The van der Waals surface area contributed by atoms with E-state index in [1.54, 1.807) is 31.2 Å². The minimum absolute atomic E-state index is 0.0218. The second kappa shape index (κ2) is 7.57. The van der Waals surface area contributed by atoms with Gasteiger partial charge in [-0.3, -0.25) is 9.59 Å². The van der Waals surface area contributed by atoms with Gasteiger partial charge in [0.05, 0.1) is 23.5 Å². The first-order valence-electron chi connectivity index (χ1n) is 8.61. The molecule has 2 aromatic carbocycles. The summed E-state index contributed by atoms with van der Waals surface area (Å²) in [6.45, 7) is 1.89. The summed E-state index contributed by atoms with van der Waals surface area (Å²) in [5.41, 5.74) is -0.776. The molecule has 1 aliphatic rings. The third-order valence-corrected chi connectivity index (χ3v) is 4.41. The minimum atomic E-state index is -1.27. The first-order chi connectivity index (χ1) is 13.0. The van der Waals surface area contributed by atoms with Crippen LogP contribution >= 0.6 is 0 Å². The molecule has 2 N–H and O–H groups in total. The lowest BCUT2D eigenvalue weighted by molar-refractivity contribution is -0.131. The van der Waals surface area contributed by atoms with Crippen LogP contribution in [0.25, 0.3) is 0 Å². The van der Waals surface area contributed by atoms with E-state index in [1.807, 2.05) is 0 Å². The van der Waals surface area contributed by atoms with E-state index in [-0.39, 0.29) is 23.5 Å². The third-order valence-electron chi connectivity index (χ3n) is 4.41. The zero-order valence-corrected chi connectivity index (χ0v) is 14.8. The molecule has 1 aliphatic carbocycles. The maximum absolute atomic E-state index is 13.8. The van der Waals surface area contributed by atoms with Crippen LogP contribution < -0.4 is 10.6 Å². The van der Waals surface area contributed by atoms with Crippen LogP contribution in [0.2, 0.25) is 0 Å². The number of carbonyl (C=O) groups is 3. The molecular formula is C20H19FN2O4. The number of hydrogen-bond acceptors (Lipinski definition) is 4. The maximum Gasteiger partial charge on any atom is 0.340 e. The van der Waals surface area contributed by atoms with Crippen LogP contribution in [0, 0.1) is 11.2 Å². The summed E-state index contributed by atoms with van der Waals surface area (Å²) in [5, 5.41) is 5.11. The van der Waals surface area contributed by atoms with Crippen LogP contribution in [0.4, 0.5) is 15.8 Å². The lowest BCUT2D eigenvalue weighted by Gasteiger charge is -2.17. The Morgan fingerprint density at radius 3 is 2.11 bits per heavy atom. The van der Waals surface area contributed by atoms with Crippen molar-refractivity contribution >= 4 is 29.2 Å². The van der Waals surface area contributed by atoms with Crippen molar-refractivity contribution in [1.82, 2.24) is 0 Å². The number of anilines is 2. The van der Waals surface area contributed by atoms with Gasteiger partial charge in [-0.05, 0) is 44.0 Å². The Bertz CT molecular complexity index is 893. The normalized spacial score (nSPS) is 14.1. The quantitative estimate of drug-likeness (QED) is 0.603. The highest BCUT2D eigenvalue weighted by Crippen LogP contribution is 2.47. The van der Waals surface area contributed by atoms with Gasteiger partial charge in [0.1, 0.15) is 11.2 Å². The molecule has 3 rings (SSSR count). The number of nitrogens with one attached hydrogen (secondary N) is 2. The highest BCUT2D eigenvalue weighted by Gasteiger charge is 2.56. The number of carbonyl (C=O) groups excluding carboxylic acids is 3. The Hall–Kier alpha value is -3.22. The van der Waals surface area contributed by atoms with Gasteiger partial charge in [-0.1, -0.05) is 24.3 Å². The van der Waals surface area contributed by atoms with Crippen LogP contribution in [-0.2, 0) is 14.3 Å². The maximum atomic E-state index is 13.8. The molecule has 0 saturated heterocycles. The van der Waals surface area contributed by atoms with Crippen LogP contribution in [0.3, 0.4) is 0 Å². The number of hydrogen-bond donors (Lipinski definition) is 2. The Morgan fingerprint density at radius 1 is 0.963 bits per heavy atom. The van der Waals surface area contributed by atoms with Gasteiger partial charge in [-0.15, -0.1) is 0 Å². The van der Waals surface area contributed by atoms with Crippen molar-refractivity contribution in [2.45, 2.75) is 19.8 Å². The van der Waals surface area contributed by atoms with Gasteiger partial charge in [0.2, 0.25) is 11.8 Å². The summed E-state index contributed by atoms with van der Waals surface area (Å²) in [5.74, 6) is -2.24. The first kappa shape index (κ1) is 18.6. The van der Waals surface area contributed by atoms with E-state index in [4.69, 9.17) is 4.74 Å². The molecule has 6 nitrogen and oxygen atoms in total. The summed E-state index contributed by atoms with van der Waals surface area (Å²) in [6.07, 6.45) is 0.696. The number of esters is 1. The van der Waals surface area contributed by atoms with Crippen LogP contribution in [0.5, 0.6) is 0 Å². The van der Waals surface area contributed by atoms with Gasteiger partial charge in [0.25, 0.3) is 0 Å². The second-order valence-corrected chi connectivity index (χ2v) is 6.24. The molecule has 0 radical (unpaired) electrons. The molecule has 1 saturated carbocycles. The second-order valence-electron chi connectivity index (χ2n) is 6.24. The highest BCUT2D eigenvalue weighted by atomic mass is 19.1. The van der Waals surface area contributed by atoms with E-state index >= 15 is 0 Å². The van der Waals surface area contributed by atoms with Gasteiger partial charge in [-0.25, -0.2) is 9.18 Å². The molecule has 7 heteroatoms. The molecule has 0 unspecified atom stereocenters. The molecule has 0 atom stereocenters. The lowest BCUT2D eigenvalue weighted by atomic mass is 10.0. The van der Waals surface area contributed by atoms with Gasteiger partial charge >= 0.3 is 5.97 Å². The van der Waals surface area contributed by atoms with Crippen LogP contribution in [0.1, 0.15) is 30.1 Å². The Labute approximate surface area is 155 Å². The molecular weight excluding hydrogens is 351 g/mol. The first-order valence-corrected chi connectivity index (χ1v) is 8.61. The number of para-hydroxylation sites is 2. The molecule has 0 aromatic heterocycles. The molecule has 140 valence electrons. The number of halogens is 1. The fourth-order valence-corrected chi connectivity index (χ4v) is 2.71. The van der Waals surface area contributed by atoms with Gasteiger partial charge in [0.15, 0.2) is 0 Å². The number of amides is 2. The molecule has 2 aromatic rings. The van der Waals surface area contributed by atoms with Crippen molar-refractivity contribution in [3.8, 4) is 0 Å². The predicted molar refractivity (Wildman–Crippen MR) is 97.7 cm³/mol. The SMILES string of the molecule is CCOC(=O)c1ccccc1NC(=O)C1(C(=O)Nc2ccccc2F)CC1. The number of rotatable bonds is 6. The van der Waals surface area contributed by atoms with E-state index in [2.05, 4.69) is 10.6 Å². The van der Waals surface area contributed by atoms with Crippen LogP contribution in [0.15, 0.2) is 48.5 Å². The summed E-state index contributed by atoms with van der Waals surface area (Å²) in [7, 11) is 0. The standard InChI is InChI=1S/C20H19FN2O4/c1-2-27-17(24)13-7-3-5-9-15(13)22-18(25)20(11-12-20)19(26)23-16-10-6-4-8-14(16)21/h3-10H,2,11-12H2,1H3,(H,22,25)(H,23,26). The Morgan fingerprint density at radius 2 is 1.52 bits per heavy atom. The average Bonchev–Trinajstić information content (AvgIpc) is 3.46. The van der Waals surface area contributed by atoms with Crippen molar-refractivity contribution in [2.24, 2.45) is 5.41 Å². The van der Waals surface area contributed by atoms with Crippen molar-refractivity contribution in [1.29, 1.82) is 0 Å². The molecule has 27 heavy (non-hydrogen) atoms. The zero-order valence-electron chi connectivity index (χ0n) is 14.8. The topological polar surface area (TPSA) is 84.5 Å². The van der Waals surface area contributed by atoms with E-state index in [1.165, 1.54) is 24.3 Å². The molecule has 1 fully saturated rings. The summed E-state index contributed by atoms with van der Waals surface area (Å²) >= 11 is 0. The summed E-state index contributed by atoms with van der Waals surface area (Å²) in [6, 6.07) is 12.2. The molecule has 2 amide bonds. The lowest BCUT2D eigenvalue weighted by Crippen LogP contribution is -2.36. The number of benzene rings is 2. The van der Waals surface area contributed by atoms with Crippen molar-refractivity contribution < 1.29 is 23.5 Å². The fourth-order valence-electron chi connectivity index (χ4n) is 2.71. The molecule has 0 bridgehead atoms. The van der Waals surface area contributed by atoms with E-state index in [9.17, 15) is 18.8 Å². The largest absolute Gasteiger partial charge is 0.462 e. The Balaban J connectivity index is 1.76. The number of ether oxygens (including phenoxy) is 1. The third kappa shape index (κ3) is 3.81. The molecule has 0 heterocycles. The minimum Gasteiger partial charge on any atom is -0.462 e. The van der Waals surface area contributed by atoms with Crippen molar-refractivity contribution in [3.05, 3.63) is 59.9 Å². The Kier molecular flexibility index (Phi) is 5.21. The van der Waals surface area contributed by atoms with Crippen LogP contribution in [-0.4, -0.2) is 24.4 Å². The van der Waals surface area contributed by atoms with Crippen molar-refractivity contribution in [2.75, 3.05) is 17.2 Å². The van der Waals surface area contributed by atoms with E-state index in [0.29, 0.717) is 12.8 Å². The van der Waals surface area contributed by atoms with Gasteiger partial charge in [0, 0.05) is 0 Å².